The number of esters is 2. The lowest BCUT2D eigenvalue weighted by molar-refractivity contribution is -0.143. The molecule has 0 spiro atoms. The van der Waals surface area contributed by atoms with Crippen LogP contribution in [-0.4, -0.2) is 29.7 Å². The number of rotatable bonds is 8. The molecule has 3 heterocycles. The van der Waals surface area contributed by atoms with Crippen molar-refractivity contribution < 1.29 is 23.5 Å². The minimum Gasteiger partial charge on any atom is -0.469 e. The molecule has 1 aliphatic rings. The third kappa shape index (κ3) is 6.46. The molecule has 1 aliphatic heterocycles. The number of hydrogen-bond donors (Lipinski definition) is 0. The Labute approximate surface area is 254 Å². The first-order valence-electron chi connectivity index (χ1n) is 13.1. The molecule has 0 aliphatic carbocycles. The third-order valence-corrected chi connectivity index (χ3v) is 8.53. The van der Waals surface area contributed by atoms with E-state index in [1.54, 1.807) is 57.2 Å². The molecule has 0 radical (unpaired) electrons. The zero-order valence-electron chi connectivity index (χ0n) is 23.3. The van der Waals surface area contributed by atoms with Crippen molar-refractivity contribution in [2.24, 2.45) is 4.99 Å². The Morgan fingerprint density at radius 2 is 1.83 bits per heavy atom. The molecule has 1 atom stereocenters. The summed E-state index contributed by atoms with van der Waals surface area (Å²) in [6.45, 7) is 5.27. The number of carbonyl (C=O) groups excluding carboxylic acids is 2. The van der Waals surface area contributed by atoms with Gasteiger partial charge < -0.3 is 13.9 Å². The highest BCUT2D eigenvalue weighted by atomic mass is 35.5. The van der Waals surface area contributed by atoms with E-state index in [9.17, 15) is 14.4 Å². The lowest BCUT2D eigenvalue weighted by atomic mass is 9.94. The highest BCUT2D eigenvalue weighted by molar-refractivity contribution is 7.99. The summed E-state index contributed by atoms with van der Waals surface area (Å²) in [6.07, 6.45) is 1.43. The molecule has 0 bridgehead atoms. The topological polar surface area (TPSA) is 100 Å². The molecule has 216 valence electrons. The number of fused-ring (bicyclic) bond motifs is 1. The van der Waals surface area contributed by atoms with Gasteiger partial charge in [-0.05, 0) is 68.3 Å². The molecule has 42 heavy (non-hydrogen) atoms. The van der Waals surface area contributed by atoms with Gasteiger partial charge >= 0.3 is 11.9 Å². The number of aromatic nitrogens is 1. The molecular weight excluding hydrogens is 596 g/mol. The first-order chi connectivity index (χ1) is 20.1. The summed E-state index contributed by atoms with van der Waals surface area (Å²) >= 11 is 8.64. The number of halogens is 1. The Balaban J connectivity index is 1.55. The quantitative estimate of drug-likeness (QED) is 0.246. The number of ether oxygens (including phenoxy) is 2. The van der Waals surface area contributed by atoms with Gasteiger partial charge in [-0.25, -0.2) is 9.79 Å². The number of thiazole rings is 1. The molecule has 0 unspecified atom stereocenters. The number of carbonyl (C=O) groups is 2. The van der Waals surface area contributed by atoms with Crippen molar-refractivity contribution >= 4 is 52.7 Å². The average Bonchev–Trinajstić information content (AvgIpc) is 3.52. The van der Waals surface area contributed by atoms with Crippen molar-refractivity contribution in [2.45, 2.75) is 49.3 Å². The SMILES string of the molecule is COC(=O)Cc1ccc([C@@H]2C(C(=O)OC(C)C)=C(C)N=c3s/c(=C/c4ccc(Sc5ccc(Cl)cc5)o4)c(=O)n32)cc1. The normalized spacial score (nSPS) is 15.0. The summed E-state index contributed by atoms with van der Waals surface area (Å²) in [5.41, 5.74) is 1.86. The van der Waals surface area contributed by atoms with Crippen LogP contribution in [0.4, 0.5) is 0 Å². The van der Waals surface area contributed by atoms with Gasteiger partial charge in [0.15, 0.2) is 9.89 Å². The molecule has 2 aromatic carbocycles. The zero-order chi connectivity index (χ0) is 30.0. The van der Waals surface area contributed by atoms with Crippen LogP contribution in [0.1, 0.15) is 43.7 Å². The van der Waals surface area contributed by atoms with Crippen LogP contribution in [0.25, 0.3) is 6.08 Å². The number of furan rings is 1. The van der Waals surface area contributed by atoms with Crippen molar-refractivity contribution in [3.8, 4) is 0 Å². The van der Waals surface area contributed by atoms with Crippen molar-refractivity contribution in [3.05, 3.63) is 114 Å². The molecule has 0 amide bonds. The van der Waals surface area contributed by atoms with E-state index in [1.807, 2.05) is 30.3 Å². The first-order valence-corrected chi connectivity index (χ1v) is 15.1. The maximum Gasteiger partial charge on any atom is 0.338 e. The van der Waals surface area contributed by atoms with Crippen LogP contribution >= 0.6 is 34.7 Å². The molecule has 8 nitrogen and oxygen atoms in total. The van der Waals surface area contributed by atoms with Crippen molar-refractivity contribution in [1.29, 1.82) is 0 Å². The van der Waals surface area contributed by atoms with E-state index in [0.717, 1.165) is 10.5 Å². The van der Waals surface area contributed by atoms with Crippen molar-refractivity contribution in [2.75, 3.05) is 7.11 Å². The lowest BCUT2D eigenvalue weighted by Crippen LogP contribution is -2.40. The fourth-order valence-electron chi connectivity index (χ4n) is 4.45. The predicted molar refractivity (Wildman–Crippen MR) is 161 cm³/mol. The van der Waals surface area contributed by atoms with E-state index < -0.39 is 12.0 Å². The maximum absolute atomic E-state index is 13.9. The molecule has 0 saturated heterocycles. The van der Waals surface area contributed by atoms with E-state index in [-0.39, 0.29) is 29.6 Å². The summed E-state index contributed by atoms with van der Waals surface area (Å²) < 4.78 is 18.2. The highest BCUT2D eigenvalue weighted by Crippen LogP contribution is 2.32. The monoisotopic (exact) mass is 622 g/mol. The number of hydrogen-bond acceptors (Lipinski definition) is 9. The minimum atomic E-state index is -0.769. The standard InChI is InChI=1S/C31H27ClN2O6S2/c1-17(2)39-30(37)27-18(3)33-31-34(28(27)20-7-5-19(6-8-20)15-25(35)38-4)29(36)24(42-31)16-22-11-14-26(40-22)41-23-12-9-21(32)10-13-23/h5-14,16-17,28H,15H2,1-4H3/b24-16+/t28-/m1/s1. The lowest BCUT2D eigenvalue weighted by Gasteiger charge is -2.25. The van der Waals surface area contributed by atoms with Gasteiger partial charge in [0.05, 0.1) is 41.5 Å². The van der Waals surface area contributed by atoms with Gasteiger partial charge in [-0.2, -0.15) is 0 Å². The second-order valence-corrected chi connectivity index (χ2v) is 12.3. The van der Waals surface area contributed by atoms with Crippen LogP contribution in [-0.2, 0) is 25.5 Å². The van der Waals surface area contributed by atoms with Gasteiger partial charge in [0.25, 0.3) is 5.56 Å². The molecule has 0 fully saturated rings. The van der Waals surface area contributed by atoms with Crippen LogP contribution in [0.15, 0.2) is 96.1 Å². The Bertz CT molecular complexity index is 1850. The van der Waals surface area contributed by atoms with Gasteiger partial charge in [-0.3, -0.25) is 14.2 Å². The Morgan fingerprint density at radius 1 is 1.12 bits per heavy atom. The number of benzene rings is 2. The van der Waals surface area contributed by atoms with Crippen molar-refractivity contribution in [3.63, 3.8) is 0 Å². The average molecular weight is 623 g/mol. The van der Waals surface area contributed by atoms with E-state index >= 15 is 0 Å². The van der Waals surface area contributed by atoms with Gasteiger partial charge in [0, 0.05) is 16.0 Å². The van der Waals surface area contributed by atoms with Gasteiger partial charge in [0.2, 0.25) is 0 Å². The third-order valence-electron chi connectivity index (χ3n) is 6.36. The summed E-state index contributed by atoms with van der Waals surface area (Å²) in [5, 5.41) is 1.32. The van der Waals surface area contributed by atoms with E-state index in [1.165, 1.54) is 34.8 Å². The Hall–Kier alpha value is -3.86. The highest BCUT2D eigenvalue weighted by Gasteiger charge is 2.33. The van der Waals surface area contributed by atoms with Crippen LogP contribution in [0, 0.1) is 0 Å². The first kappa shape index (κ1) is 29.6. The summed E-state index contributed by atoms with van der Waals surface area (Å²) in [4.78, 5) is 45.0. The van der Waals surface area contributed by atoms with Crippen molar-refractivity contribution in [1.82, 2.24) is 4.57 Å². The molecule has 4 aromatic rings. The van der Waals surface area contributed by atoms with Gasteiger partial charge in [0.1, 0.15) is 5.76 Å². The smallest absolute Gasteiger partial charge is 0.338 e. The molecular formula is C31H27ClN2O6S2. The fourth-order valence-corrected chi connectivity index (χ4v) is 6.38. The van der Waals surface area contributed by atoms with Crippen LogP contribution in [0.3, 0.4) is 0 Å². The van der Waals surface area contributed by atoms with Crippen LogP contribution < -0.4 is 14.9 Å². The molecule has 11 heteroatoms. The predicted octanol–water partition coefficient (Wildman–Crippen LogP) is 5.30. The number of allylic oxidation sites excluding steroid dienone is 1. The summed E-state index contributed by atoms with van der Waals surface area (Å²) in [5.74, 6) is -0.394. The van der Waals surface area contributed by atoms with Gasteiger partial charge in [-0.1, -0.05) is 59.0 Å². The van der Waals surface area contributed by atoms with Gasteiger partial charge in [-0.15, -0.1) is 0 Å². The second-order valence-electron chi connectivity index (χ2n) is 9.74. The number of methoxy groups -OCH3 is 1. The Morgan fingerprint density at radius 3 is 2.50 bits per heavy atom. The molecule has 0 saturated carbocycles. The van der Waals surface area contributed by atoms with Crippen LogP contribution in [0.2, 0.25) is 5.02 Å². The van der Waals surface area contributed by atoms with E-state index in [0.29, 0.717) is 36.5 Å². The number of nitrogens with zero attached hydrogens (tertiary/aromatic N) is 2. The van der Waals surface area contributed by atoms with Crippen LogP contribution in [0.5, 0.6) is 0 Å². The summed E-state index contributed by atoms with van der Waals surface area (Å²) in [6, 6.07) is 17.5. The Kier molecular flexibility index (Phi) is 8.86. The van der Waals surface area contributed by atoms with E-state index in [4.69, 9.17) is 25.5 Å². The molecule has 5 rings (SSSR count). The minimum absolute atomic E-state index is 0.109. The fraction of sp³-hybridized carbons (Fsp3) is 0.226. The molecule has 2 aromatic heterocycles. The van der Waals surface area contributed by atoms with E-state index in [2.05, 4.69) is 4.99 Å². The molecule has 0 N–H and O–H groups in total. The maximum atomic E-state index is 13.9. The second kappa shape index (κ2) is 12.6. The zero-order valence-corrected chi connectivity index (χ0v) is 25.6. The largest absolute Gasteiger partial charge is 0.469 e. The summed E-state index contributed by atoms with van der Waals surface area (Å²) in [7, 11) is 1.34.